The van der Waals surface area contributed by atoms with Gasteiger partial charge in [-0.05, 0) is 36.8 Å². The van der Waals surface area contributed by atoms with Crippen LogP contribution in [0.1, 0.15) is 30.4 Å². The maximum absolute atomic E-state index is 10.1. The zero-order valence-corrected chi connectivity index (χ0v) is 11.7. The van der Waals surface area contributed by atoms with Gasteiger partial charge in [-0.3, -0.25) is 0 Å². The van der Waals surface area contributed by atoms with Crippen LogP contribution in [-0.4, -0.2) is 11.7 Å². The maximum Gasteiger partial charge on any atom is 0.120 e. The minimum atomic E-state index is -0.528. The molecule has 0 bridgehead atoms. The van der Waals surface area contributed by atoms with Crippen molar-refractivity contribution in [3.8, 4) is 0 Å². The van der Waals surface area contributed by atoms with E-state index in [1.54, 1.807) is 6.26 Å². The Morgan fingerprint density at radius 2 is 2.17 bits per heavy atom. The standard InChI is InChI=1S/C14H16BrNO2/c1-10(14-6-3-7-18-14)16-9-13(17)11-4-2-5-12(15)8-11/h2-8,10,13,16-17H,9H2,1H3. The lowest BCUT2D eigenvalue weighted by molar-refractivity contribution is 0.169. The summed E-state index contributed by atoms with van der Waals surface area (Å²) in [6, 6.07) is 11.6. The molecule has 2 unspecified atom stereocenters. The zero-order chi connectivity index (χ0) is 13.0. The fourth-order valence-corrected chi connectivity index (χ4v) is 2.18. The lowest BCUT2D eigenvalue weighted by atomic mass is 10.1. The number of aliphatic hydroxyl groups excluding tert-OH is 1. The van der Waals surface area contributed by atoms with E-state index in [4.69, 9.17) is 4.42 Å². The Balaban J connectivity index is 1.90. The lowest BCUT2D eigenvalue weighted by Gasteiger charge is -2.16. The van der Waals surface area contributed by atoms with Crippen molar-refractivity contribution in [2.45, 2.75) is 19.1 Å². The highest BCUT2D eigenvalue weighted by Gasteiger charge is 2.12. The molecule has 0 saturated carbocycles. The summed E-state index contributed by atoms with van der Waals surface area (Å²) in [6.45, 7) is 2.49. The van der Waals surface area contributed by atoms with E-state index in [2.05, 4.69) is 21.2 Å². The van der Waals surface area contributed by atoms with E-state index in [1.807, 2.05) is 43.3 Å². The summed E-state index contributed by atoms with van der Waals surface area (Å²) in [5.41, 5.74) is 0.892. The second-order valence-electron chi connectivity index (χ2n) is 4.22. The Kier molecular flexibility index (Phi) is 4.58. The normalized spacial score (nSPS) is 14.4. The Hall–Kier alpha value is -1.10. The number of benzene rings is 1. The summed E-state index contributed by atoms with van der Waals surface area (Å²) in [5, 5.41) is 13.3. The maximum atomic E-state index is 10.1. The van der Waals surface area contributed by atoms with Crippen molar-refractivity contribution in [1.29, 1.82) is 0 Å². The van der Waals surface area contributed by atoms with Crippen LogP contribution in [0.3, 0.4) is 0 Å². The summed E-state index contributed by atoms with van der Waals surface area (Å²) in [4.78, 5) is 0. The first-order valence-corrected chi connectivity index (χ1v) is 6.66. The van der Waals surface area contributed by atoms with Gasteiger partial charge in [0.05, 0.1) is 18.4 Å². The van der Waals surface area contributed by atoms with Crippen LogP contribution in [0.2, 0.25) is 0 Å². The van der Waals surface area contributed by atoms with Crippen molar-refractivity contribution in [3.63, 3.8) is 0 Å². The molecule has 1 heterocycles. The van der Waals surface area contributed by atoms with Crippen molar-refractivity contribution in [2.24, 2.45) is 0 Å². The molecule has 2 rings (SSSR count). The van der Waals surface area contributed by atoms with E-state index in [0.717, 1.165) is 15.8 Å². The first kappa shape index (κ1) is 13.3. The Morgan fingerprint density at radius 1 is 1.33 bits per heavy atom. The molecule has 0 fully saturated rings. The van der Waals surface area contributed by atoms with Gasteiger partial charge < -0.3 is 14.8 Å². The Labute approximate surface area is 115 Å². The second kappa shape index (κ2) is 6.18. The van der Waals surface area contributed by atoms with Crippen molar-refractivity contribution >= 4 is 15.9 Å². The molecule has 96 valence electrons. The van der Waals surface area contributed by atoms with E-state index in [-0.39, 0.29) is 6.04 Å². The van der Waals surface area contributed by atoms with Crippen LogP contribution in [0.5, 0.6) is 0 Å². The molecular formula is C14H16BrNO2. The monoisotopic (exact) mass is 309 g/mol. The molecule has 1 aromatic heterocycles. The largest absolute Gasteiger partial charge is 0.468 e. The molecule has 0 aliphatic heterocycles. The van der Waals surface area contributed by atoms with Crippen molar-refractivity contribution < 1.29 is 9.52 Å². The van der Waals surface area contributed by atoms with Gasteiger partial charge in [-0.15, -0.1) is 0 Å². The lowest BCUT2D eigenvalue weighted by Crippen LogP contribution is -2.24. The average Bonchev–Trinajstić information content (AvgIpc) is 2.89. The highest BCUT2D eigenvalue weighted by Crippen LogP contribution is 2.19. The molecule has 2 N–H and O–H groups in total. The molecule has 18 heavy (non-hydrogen) atoms. The molecule has 0 spiro atoms. The first-order valence-electron chi connectivity index (χ1n) is 5.87. The third-order valence-electron chi connectivity index (χ3n) is 2.82. The van der Waals surface area contributed by atoms with Crippen LogP contribution < -0.4 is 5.32 Å². The van der Waals surface area contributed by atoms with Gasteiger partial charge in [0.1, 0.15) is 5.76 Å². The van der Waals surface area contributed by atoms with Crippen LogP contribution in [0.15, 0.2) is 51.6 Å². The highest BCUT2D eigenvalue weighted by atomic mass is 79.9. The quantitative estimate of drug-likeness (QED) is 0.889. The summed E-state index contributed by atoms with van der Waals surface area (Å²) < 4.78 is 6.27. The summed E-state index contributed by atoms with van der Waals surface area (Å²) in [7, 11) is 0. The predicted molar refractivity (Wildman–Crippen MR) is 74.2 cm³/mol. The molecule has 2 aromatic rings. The highest BCUT2D eigenvalue weighted by molar-refractivity contribution is 9.10. The van der Waals surface area contributed by atoms with E-state index in [0.29, 0.717) is 6.54 Å². The van der Waals surface area contributed by atoms with Gasteiger partial charge >= 0.3 is 0 Å². The minimum absolute atomic E-state index is 0.0850. The van der Waals surface area contributed by atoms with Gasteiger partial charge in [-0.1, -0.05) is 28.1 Å². The van der Waals surface area contributed by atoms with Crippen LogP contribution in [-0.2, 0) is 0 Å². The van der Waals surface area contributed by atoms with Crippen molar-refractivity contribution in [3.05, 3.63) is 58.5 Å². The SMILES string of the molecule is CC(NCC(O)c1cccc(Br)c1)c1ccco1. The molecule has 3 nitrogen and oxygen atoms in total. The smallest absolute Gasteiger partial charge is 0.120 e. The molecule has 0 amide bonds. The van der Waals surface area contributed by atoms with Crippen LogP contribution >= 0.6 is 15.9 Å². The van der Waals surface area contributed by atoms with E-state index in [9.17, 15) is 5.11 Å². The molecular weight excluding hydrogens is 294 g/mol. The number of rotatable bonds is 5. The zero-order valence-electron chi connectivity index (χ0n) is 10.1. The summed E-state index contributed by atoms with van der Waals surface area (Å²) >= 11 is 3.40. The third-order valence-corrected chi connectivity index (χ3v) is 3.31. The van der Waals surface area contributed by atoms with E-state index >= 15 is 0 Å². The number of nitrogens with one attached hydrogen (secondary N) is 1. The molecule has 0 radical (unpaired) electrons. The molecule has 0 aliphatic rings. The molecule has 0 saturated heterocycles. The molecule has 4 heteroatoms. The summed E-state index contributed by atoms with van der Waals surface area (Å²) in [5.74, 6) is 0.872. The van der Waals surface area contributed by atoms with Gasteiger partial charge in [0.15, 0.2) is 0 Å². The van der Waals surface area contributed by atoms with Gasteiger partial charge in [-0.2, -0.15) is 0 Å². The minimum Gasteiger partial charge on any atom is -0.468 e. The molecule has 0 aliphatic carbocycles. The Morgan fingerprint density at radius 3 is 2.83 bits per heavy atom. The van der Waals surface area contributed by atoms with E-state index in [1.165, 1.54) is 0 Å². The van der Waals surface area contributed by atoms with Crippen LogP contribution in [0.4, 0.5) is 0 Å². The predicted octanol–water partition coefficient (Wildman–Crippen LogP) is 3.43. The van der Waals surface area contributed by atoms with Crippen molar-refractivity contribution in [1.82, 2.24) is 5.32 Å². The third kappa shape index (κ3) is 3.45. The average molecular weight is 310 g/mol. The van der Waals surface area contributed by atoms with Crippen LogP contribution in [0.25, 0.3) is 0 Å². The second-order valence-corrected chi connectivity index (χ2v) is 5.13. The van der Waals surface area contributed by atoms with E-state index < -0.39 is 6.10 Å². The van der Waals surface area contributed by atoms with Gasteiger partial charge in [0.2, 0.25) is 0 Å². The molecule has 2 atom stereocenters. The summed E-state index contributed by atoms with van der Waals surface area (Å²) in [6.07, 6.45) is 1.12. The Bertz CT molecular complexity index is 484. The number of hydrogen-bond acceptors (Lipinski definition) is 3. The van der Waals surface area contributed by atoms with Gasteiger partial charge in [0, 0.05) is 11.0 Å². The molecule has 1 aromatic carbocycles. The number of aliphatic hydroxyl groups is 1. The van der Waals surface area contributed by atoms with Gasteiger partial charge in [0.25, 0.3) is 0 Å². The van der Waals surface area contributed by atoms with Gasteiger partial charge in [-0.25, -0.2) is 0 Å². The fourth-order valence-electron chi connectivity index (χ4n) is 1.76. The number of furan rings is 1. The first-order chi connectivity index (χ1) is 8.66. The van der Waals surface area contributed by atoms with Crippen molar-refractivity contribution in [2.75, 3.05) is 6.54 Å². The number of halogens is 1. The topological polar surface area (TPSA) is 45.4 Å². The fraction of sp³-hybridized carbons (Fsp3) is 0.286. The number of hydrogen-bond donors (Lipinski definition) is 2. The van der Waals surface area contributed by atoms with Crippen LogP contribution in [0, 0.1) is 0 Å².